The number of aromatic nitrogens is 3. The van der Waals surface area contributed by atoms with E-state index in [9.17, 15) is 0 Å². The third kappa shape index (κ3) is 4.03. The highest BCUT2D eigenvalue weighted by molar-refractivity contribution is 5.60. The van der Waals surface area contributed by atoms with E-state index in [1.807, 2.05) is 60.7 Å². The van der Waals surface area contributed by atoms with Gasteiger partial charge in [-0.1, -0.05) is 48.5 Å². The van der Waals surface area contributed by atoms with Crippen molar-refractivity contribution in [2.45, 2.75) is 19.9 Å². The van der Waals surface area contributed by atoms with Gasteiger partial charge in [-0.25, -0.2) is 0 Å². The molecule has 3 rings (SSSR count). The van der Waals surface area contributed by atoms with E-state index in [4.69, 9.17) is 0 Å². The summed E-state index contributed by atoms with van der Waals surface area (Å²) < 4.78 is 0. The number of rotatable bonds is 5. The first-order valence-corrected chi connectivity index (χ1v) is 7.61. The van der Waals surface area contributed by atoms with Crippen molar-refractivity contribution in [3.05, 3.63) is 60.7 Å². The van der Waals surface area contributed by atoms with Crippen molar-refractivity contribution >= 4 is 17.6 Å². The maximum absolute atomic E-state index is 4.53. The topological polar surface area (TPSA) is 62.7 Å². The van der Waals surface area contributed by atoms with E-state index in [0.717, 1.165) is 11.3 Å². The maximum Gasteiger partial charge on any atom is 0.232 e. The molecule has 5 heteroatoms. The number of nitrogens with zero attached hydrogens (tertiary/aromatic N) is 3. The van der Waals surface area contributed by atoms with Crippen LogP contribution in [0.1, 0.15) is 13.8 Å². The van der Waals surface area contributed by atoms with Gasteiger partial charge in [-0.2, -0.15) is 15.0 Å². The molecule has 1 heterocycles. The van der Waals surface area contributed by atoms with Crippen molar-refractivity contribution in [1.82, 2.24) is 15.0 Å². The first-order chi connectivity index (χ1) is 11.2. The van der Waals surface area contributed by atoms with Crippen molar-refractivity contribution in [2.75, 3.05) is 10.6 Å². The smallest absolute Gasteiger partial charge is 0.232 e. The van der Waals surface area contributed by atoms with Gasteiger partial charge in [0.2, 0.25) is 11.9 Å². The van der Waals surface area contributed by atoms with Gasteiger partial charge in [-0.15, -0.1) is 0 Å². The number of nitrogens with one attached hydrogen (secondary N) is 2. The van der Waals surface area contributed by atoms with Crippen molar-refractivity contribution in [2.24, 2.45) is 0 Å². The Morgan fingerprint density at radius 1 is 0.739 bits per heavy atom. The first kappa shape index (κ1) is 15.0. The molecule has 0 atom stereocenters. The Morgan fingerprint density at radius 3 is 2.00 bits per heavy atom. The molecule has 23 heavy (non-hydrogen) atoms. The van der Waals surface area contributed by atoms with Crippen molar-refractivity contribution < 1.29 is 0 Å². The number of benzene rings is 2. The Labute approximate surface area is 135 Å². The standard InChI is InChI=1S/C18H19N5/c1-13(2)19-17-21-16(14-9-5-3-6-10-14)22-18(23-17)20-15-11-7-4-8-12-15/h3-13H,1-2H3,(H2,19,20,21,22,23). The molecule has 3 aromatic rings. The summed E-state index contributed by atoms with van der Waals surface area (Å²) in [5.74, 6) is 1.72. The van der Waals surface area contributed by atoms with Crippen molar-refractivity contribution in [3.63, 3.8) is 0 Å². The lowest BCUT2D eigenvalue weighted by atomic mass is 10.2. The first-order valence-electron chi connectivity index (χ1n) is 7.61. The molecule has 5 nitrogen and oxygen atoms in total. The van der Waals surface area contributed by atoms with Crippen LogP contribution in [0.5, 0.6) is 0 Å². The van der Waals surface area contributed by atoms with E-state index in [1.54, 1.807) is 0 Å². The minimum absolute atomic E-state index is 0.241. The molecule has 1 aromatic heterocycles. The zero-order valence-corrected chi connectivity index (χ0v) is 13.2. The molecule has 0 aliphatic heterocycles. The summed E-state index contributed by atoms with van der Waals surface area (Å²) in [6.07, 6.45) is 0. The summed E-state index contributed by atoms with van der Waals surface area (Å²) >= 11 is 0. The average Bonchev–Trinajstić information content (AvgIpc) is 2.56. The normalized spacial score (nSPS) is 10.6. The molecule has 2 aromatic carbocycles. The zero-order chi connectivity index (χ0) is 16.1. The predicted octanol–water partition coefficient (Wildman–Crippen LogP) is 4.10. The molecule has 0 bridgehead atoms. The highest BCUT2D eigenvalue weighted by Crippen LogP contribution is 2.20. The Balaban J connectivity index is 1.98. The molecule has 0 aliphatic rings. The summed E-state index contributed by atoms with van der Waals surface area (Å²) in [5, 5.41) is 6.46. The van der Waals surface area contributed by atoms with Gasteiger partial charge in [0.05, 0.1) is 0 Å². The highest BCUT2D eigenvalue weighted by Gasteiger charge is 2.09. The maximum atomic E-state index is 4.53. The van der Waals surface area contributed by atoms with Gasteiger partial charge in [-0.3, -0.25) is 0 Å². The van der Waals surface area contributed by atoms with Crippen molar-refractivity contribution in [1.29, 1.82) is 0 Å². The average molecular weight is 305 g/mol. The van der Waals surface area contributed by atoms with Crippen LogP contribution in [-0.4, -0.2) is 21.0 Å². The summed E-state index contributed by atoms with van der Waals surface area (Å²) in [5.41, 5.74) is 1.89. The van der Waals surface area contributed by atoms with Crippen LogP contribution in [0.3, 0.4) is 0 Å². The van der Waals surface area contributed by atoms with Crippen LogP contribution >= 0.6 is 0 Å². The molecule has 0 saturated heterocycles. The van der Waals surface area contributed by atoms with E-state index in [-0.39, 0.29) is 6.04 Å². The fourth-order valence-electron chi connectivity index (χ4n) is 2.12. The molecule has 0 saturated carbocycles. The second-order valence-corrected chi connectivity index (χ2v) is 5.46. The van der Waals surface area contributed by atoms with Crippen LogP contribution in [0.25, 0.3) is 11.4 Å². The summed E-state index contributed by atoms with van der Waals surface area (Å²) in [6.45, 7) is 4.10. The second-order valence-electron chi connectivity index (χ2n) is 5.46. The van der Waals surface area contributed by atoms with Gasteiger partial charge < -0.3 is 10.6 Å². The minimum atomic E-state index is 0.241. The molecule has 2 N–H and O–H groups in total. The van der Waals surface area contributed by atoms with Crippen LogP contribution in [0, 0.1) is 0 Å². The minimum Gasteiger partial charge on any atom is -0.352 e. The van der Waals surface area contributed by atoms with Crippen LogP contribution in [0.15, 0.2) is 60.7 Å². The van der Waals surface area contributed by atoms with E-state index in [0.29, 0.717) is 17.7 Å². The van der Waals surface area contributed by atoms with Crippen molar-refractivity contribution in [3.8, 4) is 11.4 Å². The molecular formula is C18H19N5. The van der Waals surface area contributed by atoms with Crippen LogP contribution < -0.4 is 10.6 Å². The van der Waals surface area contributed by atoms with Crippen LogP contribution in [0.2, 0.25) is 0 Å². The Hall–Kier alpha value is -2.95. The van der Waals surface area contributed by atoms with E-state index in [2.05, 4.69) is 39.4 Å². The number of anilines is 3. The lowest BCUT2D eigenvalue weighted by Crippen LogP contribution is -2.14. The molecule has 116 valence electrons. The second kappa shape index (κ2) is 6.87. The van der Waals surface area contributed by atoms with Gasteiger partial charge in [-0.05, 0) is 26.0 Å². The fraction of sp³-hybridized carbons (Fsp3) is 0.167. The van der Waals surface area contributed by atoms with Gasteiger partial charge in [0.1, 0.15) is 0 Å². The molecule has 0 unspecified atom stereocenters. The number of hydrogen-bond donors (Lipinski definition) is 2. The lowest BCUT2D eigenvalue weighted by molar-refractivity contribution is 0.869. The van der Waals surface area contributed by atoms with Crippen LogP contribution in [0.4, 0.5) is 17.6 Å². The number of para-hydroxylation sites is 1. The van der Waals surface area contributed by atoms with E-state index < -0.39 is 0 Å². The molecule has 0 aliphatic carbocycles. The summed E-state index contributed by atoms with van der Waals surface area (Å²) in [6, 6.07) is 20.0. The van der Waals surface area contributed by atoms with Gasteiger partial charge in [0, 0.05) is 17.3 Å². The highest BCUT2D eigenvalue weighted by atomic mass is 15.2. The van der Waals surface area contributed by atoms with Gasteiger partial charge in [0.15, 0.2) is 5.82 Å². The SMILES string of the molecule is CC(C)Nc1nc(Nc2ccccc2)nc(-c2ccccc2)n1. The molecule has 0 fully saturated rings. The Bertz CT molecular complexity index is 757. The molecule has 0 radical (unpaired) electrons. The predicted molar refractivity (Wildman–Crippen MR) is 93.7 cm³/mol. The molecular weight excluding hydrogens is 286 g/mol. The monoisotopic (exact) mass is 305 g/mol. The lowest BCUT2D eigenvalue weighted by Gasteiger charge is -2.12. The quantitative estimate of drug-likeness (QED) is 0.743. The molecule has 0 spiro atoms. The zero-order valence-electron chi connectivity index (χ0n) is 13.2. The summed E-state index contributed by atoms with van der Waals surface area (Å²) in [7, 11) is 0. The third-order valence-electron chi connectivity index (χ3n) is 3.12. The van der Waals surface area contributed by atoms with Gasteiger partial charge in [0.25, 0.3) is 0 Å². The van der Waals surface area contributed by atoms with E-state index in [1.165, 1.54) is 0 Å². The molecule has 0 amide bonds. The van der Waals surface area contributed by atoms with E-state index >= 15 is 0 Å². The number of hydrogen-bond acceptors (Lipinski definition) is 5. The fourth-order valence-corrected chi connectivity index (χ4v) is 2.12. The largest absolute Gasteiger partial charge is 0.352 e. The van der Waals surface area contributed by atoms with Crippen LogP contribution in [-0.2, 0) is 0 Å². The summed E-state index contributed by atoms with van der Waals surface area (Å²) in [4.78, 5) is 13.5. The Kier molecular flexibility index (Phi) is 4.47. The third-order valence-corrected chi connectivity index (χ3v) is 3.12. The Morgan fingerprint density at radius 2 is 1.35 bits per heavy atom. The van der Waals surface area contributed by atoms with Gasteiger partial charge >= 0.3 is 0 Å².